The van der Waals surface area contributed by atoms with Crippen LogP contribution in [0.15, 0.2) is 78.9 Å². The molecule has 0 fully saturated rings. The number of hydrogen-bond acceptors (Lipinski definition) is 6. The molecule has 0 aliphatic heterocycles. The molecule has 37 heavy (non-hydrogen) atoms. The van der Waals surface area contributed by atoms with Crippen molar-refractivity contribution >= 4 is 29.4 Å². The van der Waals surface area contributed by atoms with Crippen LogP contribution in [-0.4, -0.2) is 36.9 Å². The first-order chi connectivity index (χ1) is 17.9. The van der Waals surface area contributed by atoms with Gasteiger partial charge in [0.05, 0.1) is 13.5 Å². The van der Waals surface area contributed by atoms with Crippen LogP contribution in [0.2, 0.25) is 0 Å². The van der Waals surface area contributed by atoms with Crippen LogP contribution < -0.4 is 14.4 Å². The Morgan fingerprint density at radius 3 is 2.14 bits per heavy atom. The Bertz CT molecular complexity index is 1240. The van der Waals surface area contributed by atoms with Crippen LogP contribution in [0.3, 0.4) is 0 Å². The molecule has 3 aromatic rings. The van der Waals surface area contributed by atoms with Crippen molar-refractivity contribution in [3.63, 3.8) is 0 Å². The van der Waals surface area contributed by atoms with Crippen molar-refractivity contribution < 1.29 is 24.2 Å². The van der Waals surface area contributed by atoms with Crippen LogP contribution in [0, 0.1) is 0 Å². The van der Waals surface area contributed by atoms with E-state index in [9.17, 15) is 14.7 Å². The fraction of sp³-hybridized carbons (Fsp3) is 0.226. The predicted octanol–water partition coefficient (Wildman–Crippen LogP) is 6.08. The number of ether oxygens (including phenoxy) is 2. The molecule has 0 aliphatic carbocycles. The first kappa shape index (κ1) is 27.3. The lowest BCUT2D eigenvalue weighted by molar-refractivity contribution is -0.121. The lowest BCUT2D eigenvalue weighted by Crippen LogP contribution is -2.21. The minimum atomic E-state index is -0.297. The van der Waals surface area contributed by atoms with Crippen molar-refractivity contribution in [1.82, 2.24) is 0 Å². The van der Waals surface area contributed by atoms with Crippen molar-refractivity contribution in [3.8, 4) is 17.2 Å². The molecule has 192 valence electrons. The van der Waals surface area contributed by atoms with E-state index in [1.165, 1.54) is 24.3 Å². The largest absolute Gasteiger partial charge is 0.508 e. The van der Waals surface area contributed by atoms with Crippen molar-refractivity contribution in [2.24, 2.45) is 0 Å². The number of carbonyl (C=O) groups excluding carboxylic acids is 2. The quantitative estimate of drug-likeness (QED) is 0.227. The number of aromatic hydroxyl groups is 1. The molecule has 0 saturated carbocycles. The Labute approximate surface area is 218 Å². The summed E-state index contributed by atoms with van der Waals surface area (Å²) in [6.45, 7) is 6.28. The first-order valence-corrected chi connectivity index (χ1v) is 12.3. The van der Waals surface area contributed by atoms with Gasteiger partial charge in [0.1, 0.15) is 23.9 Å². The molecule has 0 amide bonds. The number of phenolic OH excluding ortho intramolecular Hbond substituents is 1. The summed E-state index contributed by atoms with van der Waals surface area (Å²) in [4.78, 5) is 26.9. The second-order valence-corrected chi connectivity index (χ2v) is 8.40. The van der Waals surface area contributed by atoms with E-state index in [0.717, 1.165) is 41.2 Å². The SMILES string of the molecule is CCN(CC)c1ccc(/C=C/C(=O)CC(=O)/C=C/c2ccc(O)cc2)c(OCc2ccc(OC)cc2)c1. The Kier molecular flexibility index (Phi) is 10.1. The summed E-state index contributed by atoms with van der Waals surface area (Å²) in [5.41, 5.74) is 3.55. The number of rotatable bonds is 13. The van der Waals surface area contributed by atoms with Crippen LogP contribution in [-0.2, 0) is 16.2 Å². The zero-order chi connectivity index (χ0) is 26.6. The minimum absolute atomic E-state index is 0.154. The first-order valence-electron chi connectivity index (χ1n) is 12.3. The van der Waals surface area contributed by atoms with Crippen molar-refractivity contribution in [1.29, 1.82) is 0 Å². The molecule has 0 radical (unpaired) electrons. The van der Waals surface area contributed by atoms with Gasteiger partial charge in [-0.3, -0.25) is 9.59 Å². The molecule has 3 rings (SSSR count). The highest BCUT2D eigenvalue weighted by atomic mass is 16.5. The number of phenols is 1. The smallest absolute Gasteiger partial charge is 0.163 e. The maximum absolute atomic E-state index is 12.5. The number of benzene rings is 3. The Hall–Kier alpha value is -4.32. The summed E-state index contributed by atoms with van der Waals surface area (Å²) in [5.74, 6) is 0.996. The van der Waals surface area contributed by atoms with Gasteiger partial charge in [0.15, 0.2) is 11.6 Å². The van der Waals surface area contributed by atoms with Gasteiger partial charge in [-0.1, -0.05) is 30.3 Å². The van der Waals surface area contributed by atoms with E-state index in [-0.39, 0.29) is 23.7 Å². The zero-order valence-electron chi connectivity index (χ0n) is 21.5. The van der Waals surface area contributed by atoms with Crippen molar-refractivity contribution in [2.75, 3.05) is 25.1 Å². The van der Waals surface area contributed by atoms with Gasteiger partial charge in [-0.15, -0.1) is 0 Å². The van der Waals surface area contributed by atoms with E-state index in [4.69, 9.17) is 9.47 Å². The molecular formula is C31H33NO5. The summed E-state index contributed by atoms with van der Waals surface area (Å²) < 4.78 is 11.4. The Morgan fingerprint density at radius 2 is 1.51 bits per heavy atom. The average molecular weight is 500 g/mol. The molecule has 6 nitrogen and oxygen atoms in total. The fourth-order valence-corrected chi connectivity index (χ4v) is 3.70. The maximum atomic E-state index is 12.5. The predicted molar refractivity (Wildman–Crippen MR) is 148 cm³/mol. The van der Waals surface area contributed by atoms with E-state index in [1.54, 1.807) is 31.4 Å². The number of anilines is 1. The average Bonchev–Trinajstić information content (AvgIpc) is 2.92. The molecule has 0 bridgehead atoms. The maximum Gasteiger partial charge on any atom is 0.163 e. The third-order valence-electron chi connectivity index (χ3n) is 5.83. The van der Waals surface area contributed by atoms with E-state index < -0.39 is 0 Å². The second kappa shape index (κ2) is 13.7. The lowest BCUT2D eigenvalue weighted by atomic mass is 10.1. The number of nitrogens with zero attached hydrogens (tertiary/aromatic N) is 1. The summed E-state index contributed by atoms with van der Waals surface area (Å²) in [6, 6.07) is 20.0. The van der Waals surface area contributed by atoms with E-state index >= 15 is 0 Å². The van der Waals surface area contributed by atoms with Crippen LogP contribution in [0.5, 0.6) is 17.2 Å². The van der Waals surface area contributed by atoms with Gasteiger partial charge in [0.2, 0.25) is 0 Å². The third kappa shape index (κ3) is 8.39. The zero-order valence-corrected chi connectivity index (χ0v) is 21.5. The minimum Gasteiger partial charge on any atom is -0.508 e. The van der Waals surface area contributed by atoms with Crippen LogP contribution in [0.1, 0.15) is 37.0 Å². The molecule has 1 N–H and O–H groups in total. The lowest BCUT2D eigenvalue weighted by Gasteiger charge is -2.22. The molecular weight excluding hydrogens is 466 g/mol. The van der Waals surface area contributed by atoms with Crippen molar-refractivity contribution in [3.05, 3.63) is 95.6 Å². The Morgan fingerprint density at radius 1 is 0.865 bits per heavy atom. The van der Waals surface area contributed by atoms with E-state index in [0.29, 0.717) is 12.4 Å². The highest BCUT2D eigenvalue weighted by Gasteiger charge is 2.10. The van der Waals surface area contributed by atoms with Gasteiger partial charge in [0, 0.05) is 30.4 Å². The van der Waals surface area contributed by atoms with Gasteiger partial charge in [-0.25, -0.2) is 0 Å². The normalized spacial score (nSPS) is 11.1. The highest BCUT2D eigenvalue weighted by molar-refractivity contribution is 6.11. The summed E-state index contributed by atoms with van der Waals surface area (Å²) in [7, 11) is 1.63. The molecule has 0 aliphatic rings. The van der Waals surface area contributed by atoms with Gasteiger partial charge in [-0.2, -0.15) is 0 Å². The summed E-state index contributed by atoms with van der Waals surface area (Å²) >= 11 is 0. The van der Waals surface area contributed by atoms with Gasteiger partial charge < -0.3 is 19.5 Å². The van der Waals surface area contributed by atoms with E-state index in [2.05, 4.69) is 18.7 Å². The summed E-state index contributed by atoms with van der Waals surface area (Å²) in [6.07, 6.45) is 5.87. The number of allylic oxidation sites excluding steroid dienone is 2. The van der Waals surface area contributed by atoms with Crippen LogP contribution >= 0.6 is 0 Å². The van der Waals surface area contributed by atoms with Crippen LogP contribution in [0.25, 0.3) is 12.2 Å². The summed E-state index contributed by atoms with van der Waals surface area (Å²) in [5, 5.41) is 9.34. The molecule has 0 atom stereocenters. The monoisotopic (exact) mass is 499 g/mol. The van der Waals surface area contributed by atoms with Gasteiger partial charge in [-0.05, 0) is 79.6 Å². The second-order valence-electron chi connectivity index (χ2n) is 8.40. The molecule has 6 heteroatoms. The molecule has 0 unspecified atom stereocenters. The number of carbonyl (C=O) groups is 2. The molecule has 0 aromatic heterocycles. The van der Waals surface area contributed by atoms with E-state index in [1.807, 2.05) is 42.5 Å². The fourth-order valence-electron chi connectivity index (χ4n) is 3.70. The molecule has 0 spiro atoms. The highest BCUT2D eigenvalue weighted by Crippen LogP contribution is 2.28. The number of methoxy groups -OCH3 is 1. The van der Waals surface area contributed by atoms with Crippen molar-refractivity contribution in [2.45, 2.75) is 26.9 Å². The standard InChI is InChI=1S/C31H33NO5/c1-4-32(5-2)26-13-11-25(31(20-26)37-22-24-9-18-30(36-3)19-10-24)12-17-29(35)21-28(34)16-8-23-6-14-27(33)15-7-23/h6-20,33H,4-5,21-22H2,1-3H3/b16-8+,17-12+. The van der Waals surface area contributed by atoms with Gasteiger partial charge >= 0.3 is 0 Å². The molecule has 0 heterocycles. The molecule has 0 saturated heterocycles. The number of hydrogen-bond donors (Lipinski definition) is 1. The van der Waals surface area contributed by atoms with Gasteiger partial charge in [0.25, 0.3) is 0 Å². The van der Waals surface area contributed by atoms with Crippen LogP contribution in [0.4, 0.5) is 5.69 Å². The third-order valence-corrected chi connectivity index (χ3v) is 5.83. The molecule has 3 aromatic carbocycles. The Balaban J connectivity index is 1.71. The number of ketones is 2. The topological polar surface area (TPSA) is 76.1 Å².